The number of aromatic nitrogens is 3. The molecule has 1 aromatic rings. The summed E-state index contributed by atoms with van der Waals surface area (Å²) in [7, 11) is 0. The molecular weight excluding hydrogens is 216 g/mol. The Morgan fingerprint density at radius 3 is 2.82 bits per heavy atom. The number of hydrogen-bond acceptors (Lipinski definition) is 4. The van der Waals surface area contributed by atoms with Crippen LogP contribution in [-0.2, 0) is 13.0 Å². The van der Waals surface area contributed by atoms with Crippen LogP contribution in [-0.4, -0.2) is 39.1 Å². The molecule has 5 heteroatoms. The van der Waals surface area contributed by atoms with Crippen molar-refractivity contribution in [3.63, 3.8) is 0 Å². The van der Waals surface area contributed by atoms with Crippen molar-refractivity contribution in [1.29, 1.82) is 0 Å². The highest BCUT2D eigenvalue weighted by atomic mass is 16.3. The molecule has 0 saturated carbocycles. The second-order valence-corrected chi connectivity index (χ2v) is 4.81. The number of aryl methyl sites for hydroxylation is 1. The Kier molecular flexibility index (Phi) is 6.15. The van der Waals surface area contributed by atoms with Crippen LogP contribution < -0.4 is 5.32 Å². The van der Waals surface area contributed by atoms with Crippen LogP contribution in [0.2, 0.25) is 0 Å². The highest BCUT2D eigenvalue weighted by molar-refractivity contribution is 4.88. The molecule has 98 valence electrons. The Balaban J connectivity index is 2.34. The Morgan fingerprint density at radius 1 is 1.41 bits per heavy atom. The lowest BCUT2D eigenvalue weighted by Crippen LogP contribution is -2.31. The van der Waals surface area contributed by atoms with Crippen LogP contribution in [0.4, 0.5) is 0 Å². The van der Waals surface area contributed by atoms with Gasteiger partial charge in [-0.1, -0.05) is 20.8 Å². The van der Waals surface area contributed by atoms with Gasteiger partial charge in [0.2, 0.25) is 0 Å². The molecule has 0 amide bonds. The number of nitrogens with zero attached hydrogens (tertiary/aromatic N) is 3. The van der Waals surface area contributed by atoms with E-state index in [1.807, 2.05) is 4.68 Å². The summed E-state index contributed by atoms with van der Waals surface area (Å²) in [6.45, 7) is 8.80. The molecule has 1 aromatic heterocycles. The van der Waals surface area contributed by atoms with E-state index in [1.165, 1.54) is 0 Å². The monoisotopic (exact) mass is 240 g/mol. The molecule has 0 aliphatic rings. The van der Waals surface area contributed by atoms with Crippen LogP contribution in [0.15, 0.2) is 6.33 Å². The smallest absolute Gasteiger partial charge is 0.138 e. The van der Waals surface area contributed by atoms with E-state index < -0.39 is 6.10 Å². The zero-order valence-corrected chi connectivity index (χ0v) is 11.1. The van der Waals surface area contributed by atoms with Crippen LogP contribution in [0.5, 0.6) is 0 Å². The zero-order chi connectivity index (χ0) is 12.7. The summed E-state index contributed by atoms with van der Waals surface area (Å²) in [6.07, 6.45) is 2.75. The average Bonchev–Trinajstić information content (AvgIpc) is 2.66. The van der Waals surface area contributed by atoms with Crippen molar-refractivity contribution in [1.82, 2.24) is 20.1 Å². The van der Waals surface area contributed by atoms with Gasteiger partial charge in [-0.05, 0) is 18.9 Å². The second-order valence-electron chi connectivity index (χ2n) is 4.81. The summed E-state index contributed by atoms with van der Waals surface area (Å²) >= 11 is 0. The van der Waals surface area contributed by atoms with Gasteiger partial charge in [0.1, 0.15) is 12.2 Å². The van der Waals surface area contributed by atoms with Crippen molar-refractivity contribution < 1.29 is 5.11 Å². The first kappa shape index (κ1) is 14.1. The number of hydrogen-bond donors (Lipinski definition) is 2. The quantitative estimate of drug-likeness (QED) is 0.707. The fraction of sp³-hybridized carbons (Fsp3) is 0.833. The molecule has 1 rings (SSSR count). The minimum absolute atomic E-state index is 0.395. The number of aliphatic hydroxyl groups is 1. The molecular formula is C12H24N4O. The highest BCUT2D eigenvalue weighted by Crippen LogP contribution is 2.00. The van der Waals surface area contributed by atoms with Gasteiger partial charge in [-0.2, -0.15) is 5.10 Å². The molecule has 0 saturated heterocycles. The molecule has 0 aromatic carbocycles. The van der Waals surface area contributed by atoms with Crippen molar-refractivity contribution in [2.45, 2.75) is 46.3 Å². The van der Waals surface area contributed by atoms with Gasteiger partial charge in [0.25, 0.3) is 0 Å². The Labute approximate surface area is 103 Å². The predicted molar refractivity (Wildman–Crippen MR) is 67.7 cm³/mol. The fourth-order valence-electron chi connectivity index (χ4n) is 1.67. The van der Waals surface area contributed by atoms with E-state index in [-0.39, 0.29) is 0 Å². The molecule has 1 atom stereocenters. The van der Waals surface area contributed by atoms with Crippen LogP contribution in [0.1, 0.15) is 33.0 Å². The van der Waals surface area contributed by atoms with Crippen LogP contribution in [0, 0.1) is 5.92 Å². The Morgan fingerprint density at radius 2 is 2.18 bits per heavy atom. The van der Waals surface area contributed by atoms with Crippen LogP contribution in [0.25, 0.3) is 0 Å². The van der Waals surface area contributed by atoms with Crippen molar-refractivity contribution in [2.24, 2.45) is 5.92 Å². The van der Waals surface area contributed by atoms with Gasteiger partial charge in [0, 0.05) is 19.5 Å². The van der Waals surface area contributed by atoms with Gasteiger partial charge < -0.3 is 10.4 Å². The van der Waals surface area contributed by atoms with E-state index in [0.717, 1.165) is 25.3 Å². The molecule has 17 heavy (non-hydrogen) atoms. The lowest BCUT2D eigenvalue weighted by Gasteiger charge is -2.13. The average molecular weight is 240 g/mol. The SMILES string of the molecule is CCCn1ncnc1CC(O)CNCC(C)C. The van der Waals surface area contributed by atoms with Crippen molar-refractivity contribution in [3.8, 4) is 0 Å². The van der Waals surface area contributed by atoms with Crippen molar-refractivity contribution in [3.05, 3.63) is 12.2 Å². The second kappa shape index (κ2) is 7.40. The summed E-state index contributed by atoms with van der Waals surface area (Å²) in [4.78, 5) is 4.18. The van der Waals surface area contributed by atoms with Gasteiger partial charge in [-0.3, -0.25) is 4.68 Å². The molecule has 0 aliphatic carbocycles. The van der Waals surface area contributed by atoms with Crippen molar-refractivity contribution in [2.75, 3.05) is 13.1 Å². The first-order valence-corrected chi connectivity index (χ1v) is 6.39. The molecule has 0 radical (unpaired) electrons. The lowest BCUT2D eigenvalue weighted by molar-refractivity contribution is 0.166. The van der Waals surface area contributed by atoms with Gasteiger partial charge in [0.15, 0.2) is 0 Å². The van der Waals surface area contributed by atoms with E-state index in [9.17, 15) is 5.11 Å². The lowest BCUT2D eigenvalue weighted by atomic mass is 10.2. The molecule has 5 nitrogen and oxygen atoms in total. The molecule has 0 bridgehead atoms. The summed E-state index contributed by atoms with van der Waals surface area (Å²) < 4.78 is 1.87. The largest absolute Gasteiger partial charge is 0.391 e. The number of rotatable bonds is 8. The molecule has 0 fully saturated rings. The number of aliphatic hydroxyl groups excluding tert-OH is 1. The van der Waals surface area contributed by atoms with E-state index in [2.05, 4.69) is 36.2 Å². The number of nitrogens with one attached hydrogen (secondary N) is 1. The van der Waals surface area contributed by atoms with E-state index in [4.69, 9.17) is 0 Å². The van der Waals surface area contributed by atoms with E-state index >= 15 is 0 Å². The fourth-order valence-corrected chi connectivity index (χ4v) is 1.67. The topological polar surface area (TPSA) is 63.0 Å². The van der Waals surface area contributed by atoms with E-state index in [0.29, 0.717) is 18.9 Å². The first-order chi connectivity index (χ1) is 8.13. The van der Waals surface area contributed by atoms with Gasteiger partial charge >= 0.3 is 0 Å². The molecule has 1 heterocycles. The standard InChI is InChI=1S/C12H24N4O/c1-4-5-16-12(14-9-15-16)6-11(17)8-13-7-10(2)3/h9-11,13,17H,4-8H2,1-3H3. The van der Waals surface area contributed by atoms with Gasteiger partial charge in [-0.25, -0.2) is 4.98 Å². The highest BCUT2D eigenvalue weighted by Gasteiger charge is 2.10. The maximum Gasteiger partial charge on any atom is 0.138 e. The first-order valence-electron chi connectivity index (χ1n) is 6.39. The normalized spacial score (nSPS) is 13.2. The van der Waals surface area contributed by atoms with Gasteiger partial charge in [-0.15, -0.1) is 0 Å². The molecule has 2 N–H and O–H groups in total. The zero-order valence-electron chi connectivity index (χ0n) is 11.1. The van der Waals surface area contributed by atoms with Gasteiger partial charge in [0.05, 0.1) is 6.10 Å². The predicted octanol–water partition coefficient (Wildman–Crippen LogP) is 0.837. The minimum Gasteiger partial charge on any atom is -0.391 e. The summed E-state index contributed by atoms with van der Waals surface area (Å²) in [6, 6.07) is 0. The summed E-state index contributed by atoms with van der Waals surface area (Å²) in [5.74, 6) is 1.47. The maximum atomic E-state index is 9.88. The third-order valence-electron chi connectivity index (χ3n) is 2.48. The molecule has 0 aliphatic heterocycles. The maximum absolute atomic E-state index is 9.88. The van der Waals surface area contributed by atoms with E-state index in [1.54, 1.807) is 6.33 Å². The third-order valence-corrected chi connectivity index (χ3v) is 2.48. The van der Waals surface area contributed by atoms with Crippen LogP contribution in [0.3, 0.4) is 0 Å². The van der Waals surface area contributed by atoms with Crippen LogP contribution >= 0.6 is 0 Å². The Hall–Kier alpha value is -0.940. The third kappa shape index (κ3) is 5.28. The molecule has 0 spiro atoms. The van der Waals surface area contributed by atoms with Crippen molar-refractivity contribution >= 4 is 0 Å². The Bertz CT molecular complexity index is 311. The molecule has 1 unspecified atom stereocenters. The summed E-state index contributed by atoms with van der Waals surface area (Å²) in [5, 5.41) is 17.3. The minimum atomic E-state index is -0.395. The summed E-state index contributed by atoms with van der Waals surface area (Å²) in [5.41, 5.74) is 0.